The van der Waals surface area contributed by atoms with E-state index in [0.717, 1.165) is 18.2 Å². The summed E-state index contributed by atoms with van der Waals surface area (Å²) < 4.78 is 31.5. The van der Waals surface area contributed by atoms with E-state index in [9.17, 15) is 13.6 Å². The van der Waals surface area contributed by atoms with Crippen molar-refractivity contribution < 1.29 is 18.3 Å². The number of carbonyl (C=O) groups is 1. The number of esters is 1. The van der Waals surface area contributed by atoms with Crippen LogP contribution in [0.4, 0.5) is 8.78 Å². The summed E-state index contributed by atoms with van der Waals surface area (Å²) in [4.78, 5) is 11.5. The number of nitrogens with two attached hydrogens (primary N) is 1. The molecule has 0 heterocycles. The molecular formula is C13H17F2NO2. The van der Waals surface area contributed by atoms with Crippen molar-refractivity contribution in [3.8, 4) is 0 Å². The predicted octanol–water partition coefficient (Wildman–Crippen LogP) is 2.70. The monoisotopic (exact) mass is 257 g/mol. The van der Waals surface area contributed by atoms with Crippen LogP contribution in [-0.4, -0.2) is 11.6 Å². The Kier molecular flexibility index (Phi) is 4.40. The fourth-order valence-corrected chi connectivity index (χ4v) is 1.47. The molecule has 3 nitrogen and oxygen atoms in total. The lowest BCUT2D eigenvalue weighted by Crippen LogP contribution is -2.27. The minimum absolute atomic E-state index is 0.0270. The number of carbonyl (C=O) groups excluding carboxylic acids is 1. The summed E-state index contributed by atoms with van der Waals surface area (Å²) >= 11 is 0. The molecule has 18 heavy (non-hydrogen) atoms. The van der Waals surface area contributed by atoms with Gasteiger partial charge in [0.2, 0.25) is 0 Å². The molecule has 5 heteroatoms. The van der Waals surface area contributed by atoms with Crippen LogP contribution in [0.5, 0.6) is 0 Å². The molecule has 2 N–H and O–H groups in total. The van der Waals surface area contributed by atoms with Crippen molar-refractivity contribution in [2.24, 2.45) is 5.73 Å². The minimum atomic E-state index is -0.921. The molecule has 0 aliphatic carbocycles. The Morgan fingerprint density at radius 3 is 2.56 bits per heavy atom. The second-order valence-electron chi connectivity index (χ2n) is 5.06. The van der Waals surface area contributed by atoms with Crippen molar-refractivity contribution in [3.05, 3.63) is 35.4 Å². The van der Waals surface area contributed by atoms with E-state index in [1.807, 2.05) is 0 Å². The third-order valence-corrected chi connectivity index (χ3v) is 2.16. The first-order chi connectivity index (χ1) is 8.19. The molecule has 0 unspecified atom stereocenters. The van der Waals surface area contributed by atoms with Gasteiger partial charge in [0, 0.05) is 11.6 Å². The highest BCUT2D eigenvalue weighted by atomic mass is 19.1. The van der Waals surface area contributed by atoms with Crippen LogP contribution in [0.15, 0.2) is 18.2 Å². The summed E-state index contributed by atoms with van der Waals surface area (Å²) in [5.74, 6) is -1.77. The van der Waals surface area contributed by atoms with Gasteiger partial charge >= 0.3 is 5.97 Å². The summed E-state index contributed by atoms with van der Waals surface area (Å²) in [6, 6.07) is 2.05. The molecular weight excluding hydrogens is 240 g/mol. The summed E-state index contributed by atoms with van der Waals surface area (Å²) in [6.07, 6.45) is -0.197. The Labute approximate surface area is 105 Å². The van der Waals surface area contributed by atoms with Crippen molar-refractivity contribution in [3.63, 3.8) is 0 Å². The van der Waals surface area contributed by atoms with Crippen molar-refractivity contribution in [1.82, 2.24) is 0 Å². The number of hydrogen-bond donors (Lipinski definition) is 1. The van der Waals surface area contributed by atoms with Crippen molar-refractivity contribution in [2.45, 2.75) is 38.8 Å². The van der Waals surface area contributed by atoms with Crippen LogP contribution in [0.25, 0.3) is 0 Å². The van der Waals surface area contributed by atoms with Gasteiger partial charge < -0.3 is 10.5 Å². The van der Waals surface area contributed by atoms with Gasteiger partial charge in [-0.05, 0) is 39.0 Å². The van der Waals surface area contributed by atoms with Gasteiger partial charge in [-0.2, -0.15) is 0 Å². The van der Waals surface area contributed by atoms with Gasteiger partial charge in [0.1, 0.15) is 17.2 Å². The largest absolute Gasteiger partial charge is 0.460 e. The highest BCUT2D eigenvalue weighted by molar-refractivity contribution is 5.70. The summed E-state index contributed by atoms with van der Waals surface area (Å²) in [5, 5.41) is 0. The zero-order valence-corrected chi connectivity index (χ0v) is 10.7. The van der Waals surface area contributed by atoms with E-state index in [-0.39, 0.29) is 12.0 Å². The lowest BCUT2D eigenvalue weighted by Gasteiger charge is -2.21. The molecule has 100 valence electrons. The Morgan fingerprint density at radius 1 is 1.39 bits per heavy atom. The van der Waals surface area contributed by atoms with Crippen LogP contribution in [0, 0.1) is 11.6 Å². The average Bonchev–Trinajstić information content (AvgIpc) is 2.18. The SMILES string of the molecule is CC(C)(C)OC(=O)C[C@H](N)c1cc(F)ccc1F. The maximum absolute atomic E-state index is 13.4. The second-order valence-corrected chi connectivity index (χ2v) is 5.06. The third kappa shape index (κ3) is 4.41. The fourth-order valence-electron chi connectivity index (χ4n) is 1.47. The first-order valence-electron chi connectivity index (χ1n) is 5.61. The van der Waals surface area contributed by atoms with E-state index < -0.39 is 29.2 Å². The molecule has 0 bridgehead atoms. The normalized spacial score (nSPS) is 13.2. The number of ether oxygens (including phenoxy) is 1. The van der Waals surface area contributed by atoms with E-state index in [4.69, 9.17) is 10.5 Å². The highest BCUT2D eigenvalue weighted by Crippen LogP contribution is 2.20. The smallest absolute Gasteiger partial charge is 0.308 e. The van der Waals surface area contributed by atoms with Gasteiger partial charge in [-0.3, -0.25) is 4.79 Å². The molecule has 1 atom stereocenters. The summed E-state index contributed by atoms with van der Waals surface area (Å²) in [6.45, 7) is 5.16. The molecule has 0 spiro atoms. The van der Waals surface area contributed by atoms with Crippen LogP contribution in [0.1, 0.15) is 38.8 Å². The van der Waals surface area contributed by atoms with Crippen LogP contribution in [0.2, 0.25) is 0 Å². The fraction of sp³-hybridized carbons (Fsp3) is 0.462. The number of halogens is 2. The summed E-state index contributed by atoms with van der Waals surface area (Å²) in [5.41, 5.74) is 5.02. The van der Waals surface area contributed by atoms with E-state index >= 15 is 0 Å². The molecule has 0 saturated carbocycles. The van der Waals surface area contributed by atoms with Crippen LogP contribution in [-0.2, 0) is 9.53 Å². The first-order valence-corrected chi connectivity index (χ1v) is 5.61. The van der Waals surface area contributed by atoms with Gasteiger partial charge in [0.05, 0.1) is 6.42 Å². The topological polar surface area (TPSA) is 52.3 Å². The van der Waals surface area contributed by atoms with Gasteiger partial charge in [0.15, 0.2) is 0 Å². The molecule has 0 saturated heterocycles. The van der Waals surface area contributed by atoms with Gasteiger partial charge in [-0.1, -0.05) is 0 Å². The Balaban J connectivity index is 2.73. The average molecular weight is 257 g/mol. The molecule has 0 aromatic heterocycles. The molecule has 0 aliphatic rings. The van der Waals surface area contributed by atoms with Gasteiger partial charge in [-0.25, -0.2) is 8.78 Å². The van der Waals surface area contributed by atoms with Crippen molar-refractivity contribution in [1.29, 1.82) is 0 Å². The number of benzene rings is 1. The molecule has 0 fully saturated rings. The van der Waals surface area contributed by atoms with E-state index in [1.54, 1.807) is 20.8 Å². The minimum Gasteiger partial charge on any atom is -0.460 e. The number of hydrogen-bond acceptors (Lipinski definition) is 3. The molecule has 0 aliphatic heterocycles. The molecule has 1 rings (SSSR count). The van der Waals surface area contributed by atoms with Crippen molar-refractivity contribution >= 4 is 5.97 Å². The lowest BCUT2D eigenvalue weighted by atomic mass is 10.0. The van der Waals surface area contributed by atoms with Crippen LogP contribution >= 0.6 is 0 Å². The Hall–Kier alpha value is -1.49. The van der Waals surface area contributed by atoms with Crippen molar-refractivity contribution in [2.75, 3.05) is 0 Å². The van der Waals surface area contributed by atoms with Crippen LogP contribution in [0.3, 0.4) is 0 Å². The maximum atomic E-state index is 13.4. The number of rotatable bonds is 3. The zero-order valence-electron chi connectivity index (χ0n) is 10.7. The van der Waals surface area contributed by atoms with Gasteiger partial charge in [0.25, 0.3) is 0 Å². The Bertz CT molecular complexity index is 441. The molecule has 0 radical (unpaired) electrons. The zero-order chi connectivity index (χ0) is 13.9. The summed E-state index contributed by atoms with van der Waals surface area (Å²) in [7, 11) is 0. The quantitative estimate of drug-likeness (QED) is 0.847. The predicted molar refractivity (Wildman–Crippen MR) is 63.7 cm³/mol. The van der Waals surface area contributed by atoms with Gasteiger partial charge in [-0.15, -0.1) is 0 Å². The van der Waals surface area contributed by atoms with Crippen LogP contribution < -0.4 is 5.73 Å². The standard InChI is InChI=1S/C13H17F2NO2/c1-13(2,3)18-12(17)7-11(16)9-6-8(14)4-5-10(9)15/h4-6,11H,7,16H2,1-3H3/t11-/m0/s1. The first kappa shape index (κ1) is 14.6. The third-order valence-electron chi connectivity index (χ3n) is 2.16. The maximum Gasteiger partial charge on any atom is 0.308 e. The highest BCUT2D eigenvalue weighted by Gasteiger charge is 2.21. The van der Waals surface area contributed by atoms with E-state index in [1.165, 1.54) is 0 Å². The molecule has 0 amide bonds. The van der Waals surface area contributed by atoms with E-state index in [0.29, 0.717) is 0 Å². The van der Waals surface area contributed by atoms with E-state index in [2.05, 4.69) is 0 Å². The molecule has 1 aromatic rings. The Morgan fingerprint density at radius 2 is 2.00 bits per heavy atom. The second kappa shape index (κ2) is 5.44. The molecule has 1 aromatic carbocycles. The lowest BCUT2D eigenvalue weighted by molar-refractivity contribution is -0.155.